The van der Waals surface area contributed by atoms with E-state index < -0.39 is 0 Å². The van der Waals surface area contributed by atoms with Crippen molar-refractivity contribution in [3.63, 3.8) is 0 Å². The molecular formula is C22H30N4O3. The normalized spacial score (nSPS) is 16.7. The van der Waals surface area contributed by atoms with Crippen molar-refractivity contribution in [3.05, 3.63) is 48.2 Å². The number of aliphatic imine (C=N–C) groups is 1. The Morgan fingerprint density at radius 2 is 2.07 bits per heavy atom. The lowest BCUT2D eigenvalue weighted by molar-refractivity contribution is 0.157. The molecule has 1 aromatic carbocycles. The third-order valence-corrected chi connectivity index (χ3v) is 4.81. The molecule has 0 saturated carbocycles. The van der Waals surface area contributed by atoms with Crippen molar-refractivity contribution in [1.82, 2.24) is 15.2 Å². The summed E-state index contributed by atoms with van der Waals surface area (Å²) in [5.74, 6) is 3.38. The number of nitrogens with zero attached hydrogens (tertiary/aromatic N) is 3. The number of benzene rings is 1. The Kier molecular flexibility index (Phi) is 7.69. The van der Waals surface area contributed by atoms with E-state index in [9.17, 15) is 0 Å². The molecule has 0 amide bonds. The van der Waals surface area contributed by atoms with Crippen LogP contribution < -0.4 is 14.8 Å². The standard InChI is InChI=1S/C22H30N4O3/c1-4-28-19-7-5-6-8-20(19)29-21-10-9-17(13-24-21)14-25-22(23-2)26-12-11-18(15-26)16-27-3/h5-10,13,18H,4,11-12,14-16H2,1-3H3,(H,23,25). The Bertz CT molecular complexity index is 795. The summed E-state index contributed by atoms with van der Waals surface area (Å²) < 4.78 is 16.7. The van der Waals surface area contributed by atoms with Gasteiger partial charge in [0.2, 0.25) is 5.88 Å². The number of ether oxygens (including phenoxy) is 3. The number of rotatable bonds is 8. The van der Waals surface area contributed by atoms with Crippen LogP contribution in [-0.2, 0) is 11.3 Å². The molecule has 0 spiro atoms. The highest BCUT2D eigenvalue weighted by atomic mass is 16.5. The average molecular weight is 399 g/mol. The molecule has 29 heavy (non-hydrogen) atoms. The minimum absolute atomic E-state index is 0.534. The van der Waals surface area contributed by atoms with Gasteiger partial charge in [-0.25, -0.2) is 4.98 Å². The van der Waals surface area contributed by atoms with E-state index in [1.54, 1.807) is 7.11 Å². The maximum Gasteiger partial charge on any atom is 0.219 e. The largest absolute Gasteiger partial charge is 0.490 e. The summed E-state index contributed by atoms with van der Waals surface area (Å²) in [6.07, 6.45) is 2.95. The van der Waals surface area contributed by atoms with Crippen LogP contribution in [0.4, 0.5) is 0 Å². The van der Waals surface area contributed by atoms with Crippen LogP contribution in [0.15, 0.2) is 47.6 Å². The molecule has 2 aromatic rings. The maximum absolute atomic E-state index is 5.88. The fourth-order valence-corrected chi connectivity index (χ4v) is 3.41. The number of guanidine groups is 1. The van der Waals surface area contributed by atoms with Crippen molar-refractivity contribution in [1.29, 1.82) is 0 Å². The Hall–Kier alpha value is -2.80. The smallest absolute Gasteiger partial charge is 0.219 e. The van der Waals surface area contributed by atoms with Gasteiger partial charge in [0, 0.05) is 52.0 Å². The zero-order chi connectivity index (χ0) is 20.5. The minimum Gasteiger partial charge on any atom is -0.490 e. The fourth-order valence-electron chi connectivity index (χ4n) is 3.41. The highest BCUT2D eigenvalue weighted by molar-refractivity contribution is 5.80. The number of hydrogen-bond acceptors (Lipinski definition) is 5. The lowest BCUT2D eigenvalue weighted by Crippen LogP contribution is -2.39. The Labute approximate surface area is 172 Å². The zero-order valence-corrected chi connectivity index (χ0v) is 17.4. The first-order valence-electron chi connectivity index (χ1n) is 10.0. The number of aromatic nitrogens is 1. The minimum atomic E-state index is 0.534. The maximum atomic E-state index is 5.88. The van der Waals surface area contributed by atoms with Crippen LogP contribution in [0.25, 0.3) is 0 Å². The van der Waals surface area contributed by atoms with E-state index in [1.165, 1.54) is 0 Å². The summed E-state index contributed by atoms with van der Waals surface area (Å²) in [7, 11) is 3.57. The van der Waals surface area contributed by atoms with E-state index >= 15 is 0 Å². The van der Waals surface area contributed by atoms with Crippen LogP contribution in [0.2, 0.25) is 0 Å². The molecule has 7 nitrogen and oxygen atoms in total. The molecule has 156 valence electrons. The van der Waals surface area contributed by atoms with Crippen molar-refractivity contribution in [2.24, 2.45) is 10.9 Å². The summed E-state index contributed by atoms with van der Waals surface area (Å²) in [6, 6.07) is 11.5. The van der Waals surface area contributed by atoms with Crippen molar-refractivity contribution in [3.8, 4) is 17.4 Å². The van der Waals surface area contributed by atoms with Crippen LogP contribution >= 0.6 is 0 Å². The van der Waals surface area contributed by atoms with Crippen LogP contribution in [-0.4, -0.2) is 56.3 Å². The molecule has 1 atom stereocenters. The van der Waals surface area contributed by atoms with Gasteiger partial charge in [-0.05, 0) is 31.0 Å². The van der Waals surface area contributed by atoms with Crippen LogP contribution in [0.1, 0.15) is 18.9 Å². The lowest BCUT2D eigenvalue weighted by Gasteiger charge is -2.21. The van der Waals surface area contributed by atoms with Gasteiger partial charge in [-0.1, -0.05) is 18.2 Å². The van der Waals surface area contributed by atoms with Gasteiger partial charge in [0.25, 0.3) is 0 Å². The SMILES string of the molecule is CCOc1ccccc1Oc1ccc(CNC(=NC)N2CCC(COC)C2)cn1. The molecule has 7 heteroatoms. The molecule has 0 aliphatic carbocycles. The highest BCUT2D eigenvalue weighted by Crippen LogP contribution is 2.30. The van der Waals surface area contributed by atoms with Gasteiger partial charge in [-0.15, -0.1) is 0 Å². The molecule has 1 aliphatic rings. The third-order valence-electron chi connectivity index (χ3n) is 4.81. The van der Waals surface area contributed by atoms with Gasteiger partial charge in [0.05, 0.1) is 13.2 Å². The number of methoxy groups -OCH3 is 1. The van der Waals surface area contributed by atoms with Crippen molar-refractivity contribution >= 4 is 5.96 Å². The molecule has 1 fully saturated rings. The molecular weight excluding hydrogens is 368 g/mol. The number of hydrogen-bond donors (Lipinski definition) is 1. The Morgan fingerprint density at radius 3 is 2.76 bits per heavy atom. The van der Waals surface area contributed by atoms with Gasteiger partial charge in [-0.2, -0.15) is 0 Å². The second kappa shape index (κ2) is 10.7. The van der Waals surface area contributed by atoms with Crippen LogP contribution in [0, 0.1) is 5.92 Å². The van der Waals surface area contributed by atoms with Crippen molar-refractivity contribution in [2.45, 2.75) is 19.9 Å². The molecule has 0 radical (unpaired) electrons. The summed E-state index contributed by atoms with van der Waals surface area (Å²) in [5, 5.41) is 3.42. The van der Waals surface area contributed by atoms with Gasteiger partial charge in [-0.3, -0.25) is 4.99 Å². The molecule has 1 saturated heterocycles. The van der Waals surface area contributed by atoms with Gasteiger partial charge in [0.15, 0.2) is 17.5 Å². The van der Waals surface area contributed by atoms with E-state index in [1.807, 2.05) is 56.6 Å². The molecule has 1 aromatic heterocycles. The monoisotopic (exact) mass is 398 g/mol. The van der Waals surface area contributed by atoms with Gasteiger partial charge in [0.1, 0.15) is 0 Å². The van der Waals surface area contributed by atoms with E-state index in [-0.39, 0.29) is 0 Å². The molecule has 1 unspecified atom stereocenters. The predicted octanol–water partition coefficient (Wildman–Crippen LogP) is 3.32. The fraction of sp³-hybridized carbons (Fsp3) is 0.455. The summed E-state index contributed by atoms with van der Waals surface area (Å²) in [6.45, 7) is 5.95. The topological polar surface area (TPSA) is 68.2 Å². The first kappa shape index (κ1) is 20.9. The van der Waals surface area contributed by atoms with E-state index in [0.717, 1.165) is 37.6 Å². The average Bonchev–Trinajstić information content (AvgIpc) is 3.20. The highest BCUT2D eigenvalue weighted by Gasteiger charge is 2.24. The lowest BCUT2D eigenvalue weighted by atomic mass is 10.1. The molecule has 2 heterocycles. The molecule has 1 aliphatic heterocycles. The Balaban J connectivity index is 1.54. The quantitative estimate of drug-likeness (QED) is 0.544. The second-order valence-electron chi connectivity index (χ2n) is 6.94. The second-order valence-corrected chi connectivity index (χ2v) is 6.94. The summed E-state index contributed by atoms with van der Waals surface area (Å²) >= 11 is 0. The molecule has 3 rings (SSSR count). The Morgan fingerprint density at radius 1 is 1.24 bits per heavy atom. The summed E-state index contributed by atoms with van der Waals surface area (Å²) in [5.41, 5.74) is 1.06. The van der Waals surface area contributed by atoms with Crippen molar-refractivity contribution in [2.75, 3.05) is 40.5 Å². The molecule has 1 N–H and O–H groups in total. The van der Waals surface area contributed by atoms with Crippen LogP contribution in [0.5, 0.6) is 17.4 Å². The van der Waals surface area contributed by atoms with E-state index in [4.69, 9.17) is 14.2 Å². The molecule has 0 bridgehead atoms. The summed E-state index contributed by atoms with van der Waals surface area (Å²) in [4.78, 5) is 11.1. The van der Waals surface area contributed by atoms with E-state index in [2.05, 4.69) is 20.2 Å². The number of nitrogens with one attached hydrogen (secondary N) is 1. The van der Waals surface area contributed by atoms with Crippen molar-refractivity contribution < 1.29 is 14.2 Å². The zero-order valence-electron chi connectivity index (χ0n) is 17.4. The predicted molar refractivity (Wildman–Crippen MR) is 114 cm³/mol. The van der Waals surface area contributed by atoms with E-state index in [0.29, 0.717) is 36.4 Å². The van der Waals surface area contributed by atoms with Gasteiger partial charge >= 0.3 is 0 Å². The number of likely N-dealkylation sites (tertiary alicyclic amines) is 1. The van der Waals surface area contributed by atoms with Crippen LogP contribution in [0.3, 0.4) is 0 Å². The number of pyridine rings is 1. The third kappa shape index (κ3) is 5.84. The first-order valence-corrected chi connectivity index (χ1v) is 10.0. The first-order chi connectivity index (χ1) is 14.2. The number of para-hydroxylation sites is 2. The van der Waals surface area contributed by atoms with Gasteiger partial charge < -0.3 is 24.4 Å².